The summed E-state index contributed by atoms with van der Waals surface area (Å²) in [6.45, 7) is 1.92. The Labute approximate surface area is 153 Å². The molecule has 2 aromatic rings. The van der Waals surface area contributed by atoms with Crippen LogP contribution in [-0.2, 0) is 4.79 Å². The molecule has 0 aliphatic carbocycles. The number of methoxy groups -OCH3 is 1. The first-order valence-corrected chi connectivity index (χ1v) is 8.24. The lowest BCUT2D eigenvalue weighted by Gasteiger charge is -2.08. The topological polar surface area (TPSA) is 38.3 Å². The van der Waals surface area contributed by atoms with Crippen molar-refractivity contribution >= 4 is 56.8 Å². The molecule has 2 aromatic carbocycles. The third-order valence-electron chi connectivity index (χ3n) is 3.10. The second-order valence-electron chi connectivity index (χ2n) is 4.79. The van der Waals surface area contributed by atoms with Gasteiger partial charge in [-0.2, -0.15) is 0 Å². The largest absolute Gasteiger partial charge is 0.495 e. The number of hydrogen-bond donors (Lipinski definition) is 1. The minimum Gasteiger partial charge on any atom is -0.495 e. The first-order valence-electron chi connectivity index (χ1n) is 6.69. The van der Waals surface area contributed by atoms with Gasteiger partial charge in [-0.05, 0) is 48.9 Å². The van der Waals surface area contributed by atoms with Crippen LogP contribution in [0.3, 0.4) is 0 Å². The van der Waals surface area contributed by atoms with Gasteiger partial charge in [0.2, 0.25) is 5.91 Å². The highest BCUT2D eigenvalue weighted by Crippen LogP contribution is 2.33. The lowest BCUT2D eigenvalue weighted by atomic mass is 10.1. The molecule has 1 N–H and O–H groups in total. The zero-order chi connectivity index (χ0) is 17.0. The summed E-state index contributed by atoms with van der Waals surface area (Å²) in [4.78, 5) is 12.1. The fourth-order valence-electron chi connectivity index (χ4n) is 2.03. The molecule has 0 atom stereocenters. The lowest BCUT2D eigenvalue weighted by Crippen LogP contribution is -2.08. The van der Waals surface area contributed by atoms with E-state index >= 15 is 0 Å². The first kappa shape index (κ1) is 17.9. The van der Waals surface area contributed by atoms with Crippen LogP contribution >= 0.6 is 39.1 Å². The molecule has 2 rings (SSSR count). The van der Waals surface area contributed by atoms with Gasteiger partial charge in [0.25, 0.3) is 0 Å². The van der Waals surface area contributed by atoms with Crippen LogP contribution < -0.4 is 10.1 Å². The predicted octanol–water partition coefficient (Wildman–Crippen LogP) is 5.72. The van der Waals surface area contributed by atoms with Crippen molar-refractivity contribution in [2.24, 2.45) is 0 Å². The van der Waals surface area contributed by atoms with Crippen LogP contribution in [-0.4, -0.2) is 13.0 Å². The molecule has 0 heterocycles. The maximum Gasteiger partial charge on any atom is 0.248 e. The average Bonchev–Trinajstić information content (AvgIpc) is 2.47. The van der Waals surface area contributed by atoms with Crippen molar-refractivity contribution in [3.63, 3.8) is 0 Å². The summed E-state index contributed by atoms with van der Waals surface area (Å²) in [6.07, 6.45) is 3.02. The van der Waals surface area contributed by atoms with Gasteiger partial charge in [-0.1, -0.05) is 39.1 Å². The number of carbonyl (C=O) groups excluding carboxylic acids is 1. The van der Waals surface area contributed by atoms with Gasteiger partial charge in [0.05, 0.1) is 12.1 Å². The van der Waals surface area contributed by atoms with Crippen molar-refractivity contribution in [3.05, 3.63) is 62.1 Å². The van der Waals surface area contributed by atoms with Gasteiger partial charge >= 0.3 is 0 Å². The Bertz CT molecular complexity index is 775. The van der Waals surface area contributed by atoms with Crippen LogP contribution in [0.5, 0.6) is 5.75 Å². The molecule has 0 spiro atoms. The highest BCUT2D eigenvalue weighted by molar-refractivity contribution is 9.10. The van der Waals surface area contributed by atoms with Gasteiger partial charge < -0.3 is 10.1 Å². The number of carbonyl (C=O) groups is 1. The van der Waals surface area contributed by atoms with E-state index in [1.807, 2.05) is 25.1 Å². The Hall–Kier alpha value is -1.49. The van der Waals surface area contributed by atoms with E-state index in [1.54, 1.807) is 18.2 Å². The van der Waals surface area contributed by atoms with Crippen LogP contribution in [0.15, 0.2) is 40.9 Å². The summed E-state index contributed by atoms with van der Waals surface area (Å²) in [7, 11) is 1.51. The molecule has 3 nitrogen and oxygen atoms in total. The Morgan fingerprint density at radius 2 is 2.00 bits per heavy atom. The van der Waals surface area contributed by atoms with Crippen LogP contribution in [0, 0.1) is 6.92 Å². The molecule has 0 aromatic heterocycles. The third-order valence-corrected chi connectivity index (χ3v) is 4.09. The number of benzene rings is 2. The number of halogens is 3. The molecule has 0 fully saturated rings. The monoisotopic (exact) mass is 413 g/mol. The summed E-state index contributed by atoms with van der Waals surface area (Å²) in [5.74, 6) is 0.216. The first-order chi connectivity index (χ1) is 10.9. The van der Waals surface area contributed by atoms with Crippen LogP contribution in [0.4, 0.5) is 5.69 Å². The Morgan fingerprint density at radius 3 is 2.65 bits per heavy atom. The molecule has 0 saturated heterocycles. The van der Waals surface area contributed by atoms with E-state index in [-0.39, 0.29) is 5.91 Å². The number of hydrogen-bond acceptors (Lipinski definition) is 2. The summed E-state index contributed by atoms with van der Waals surface area (Å²) in [6, 6.07) is 8.90. The number of amides is 1. The summed E-state index contributed by atoms with van der Waals surface area (Å²) >= 11 is 15.4. The van der Waals surface area contributed by atoms with E-state index in [0.29, 0.717) is 21.4 Å². The second-order valence-corrected chi connectivity index (χ2v) is 6.55. The van der Waals surface area contributed by atoms with Gasteiger partial charge in [0.15, 0.2) is 0 Å². The Kier molecular flexibility index (Phi) is 6.10. The second kappa shape index (κ2) is 7.86. The highest BCUT2D eigenvalue weighted by Gasteiger charge is 2.08. The van der Waals surface area contributed by atoms with Crippen LogP contribution in [0.2, 0.25) is 10.0 Å². The van der Waals surface area contributed by atoms with Gasteiger partial charge in [-0.15, -0.1) is 0 Å². The van der Waals surface area contributed by atoms with Crippen molar-refractivity contribution < 1.29 is 9.53 Å². The maximum atomic E-state index is 12.1. The summed E-state index contributed by atoms with van der Waals surface area (Å²) in [5.41, 5.74) is 2.34. The third kappa shape index (κ3) is 4.74. The van der Waals surface area contributed by atoms with Crippen LogP contribution in [0.1, 0.15) is 11.1 Å². The fourth-order valence-corrected chi connectivity index (χ4v) is 3.09. The molecule has 0 bridgehead atoms. The van der Waals surface area contributed by atoms with Crippen molar-refractivity contribution in [2.45, 2.75) is 6.92 Å². The van der Waals surface area contributed by atoms with E-state index in [0.717, 1.165) is 15.7 Å². The van der Waals surface area contributed by atoms with Crippen molar-refractivity contribution in [1.82, 2.24) is 0 Å². The minimum atomic E-state index is -0.256. The lowest BCUT2D eigenvalue weighted by molar-refractivity contribution is -0.111. The molecule has 6 heteroatoms. The van der Waals surface area contributed by atoms with Crippen molar-refractivity contribution in [1.29, 1.82) is 0 Å². The number of ether oxygens (including phenoxy) is 1. The van der Waals surface area contributed by atoms with Crippen LogP contribution in [0.25, 0.3) is 6.08 Å². The highest BCUT2D eigenvalue weighted by atomic mass is 79.9. The SMILES string of the molecule is COc1c(Cl)cc(Cl)cc1/C=C/C(=O)Nc1ccc(Br)cc1C. The van der Waals surface area contributed by atoms with E-state index in [9.17, 15) is 4.79 Å². The maximum absolute atomic E-state index is 12.1. The van der Waals surface area contributed by atoms with Gasteiger partial charge in [-0.3, -0.25) is 4.79 Å². The molecule has 0 saturated carbocycles. The van der Waals surface area contributed by atoms with Gasteiger partial charge in [0.1, 0.15) is 5.75 Å². The molecular formula is C17H14BrCl2NO2. The van der Waals surface area contributed by atoms with Gasteiger partial charge in [-0.25, -0.2) is 0 Å². The van der Waals surface area contributed by atoms with E-state index in [4.69, 9.17) is 27.9 Å². The van der Waals surface area contributed by atoms with Gasteiger partial charge in [0, 0.05) is 26.8 Å². The van der Waals surface area contributed by atoms with E-state index < -0.39 is 0 Å². The minimum absolute atomic E-state index is 0.256. The fraction of sp³-hybridized carbons (Fsp3) is 0.118. The Balaban J connectivity index is 2.18. The molecule has 0 radical (unpaired) electrons. The molecular weight excluding hydrogens is 401 g/mol. The summed E-state index contributed by atoms with van der Waals surface area (Å²) in [5, 5.41) is 3.69. The zero-order valence-electron chi connectivity index (χ0n) is 12.5. The number of aryl methyl sites for hydroxylation is 1. The normalized spacial score (nSPS) is 10.8. The molecule has 23 heavy (non-hydrogen) atoms. The number of nitrogens with one attached hydrogen (secondary N) is 1. The predicted molar refractivity (Wildman–Crippen MR) is 99.6 cm³/mol. The van der Waals surface area contributed by atoms with E-state index in [2.05, 4.69) is 21.2 Å². The number of rotatable bonds is 4. The smallest absolute Gasteiger partial charge is 0.248 e. The molecule has 120 valence electrons. The molecule has 1 amide bonds. The zero-order valence-corrected chi connectivity index (χ0v) is 15.6. The van der Waals surface area contributed by atoms with Crippen molar-refractivity contribution in [3.8, 4) is 5.75 Å². The number of anilines is 1. The van der Waals surface area contributed by atoms with E-state index in [1.165, 1.54) is 13.2 Å². The average molecular weight is 415 g/mol. The Morgan fingerprint density at radius 1 is 1.26 bits per heavy atom. The standard InChI is InChI=1S/C17H14BrCl2NO2/c1-10-7-12(18)4-5-15(10)21-16(22)6-3-11-8-13(19)9-14(20)17(11)23-2/h3-9H,1-2H3,(H,21,22)/b6-3+. The molecule has 0 unspecified atom stereocenters. The quantitative estimate of drug-likeness (QED) is 0.649. The summed E-state index contributed by atoms with van der Waals surface area (Å²) < 4.78 is 6.20. The van der Waals surface area contributed by atoms with Crippen molar-refractivity contribution in [2.75, 3.05) is 12.4 Å². The molecule has 0 aliphatic heterocycles. The molecule has 0 aliphatic rings.